The van der Waals surface area contributed by atoms with E-state index in [0.717, 1.165) is 46.3 Å². The monoisotopic (exact) mass is 342 g/mol. The molecule has 2 aliphatic heterocycles. The van der Waals surface area contributed by atoms with E-state index in [1.54, 1.807) is 25.2 Å². The third-order valence-corrected chi connectivity index (χ3v) is 14.8. The first-order valence-corrected chi connectivity index (χ1v) is 13.1. The SMILES string of the molecule is CC(C)C1CC(C(C)C)P1CCP1C(C(C)C)CC1C(C)C. The van der Waals surface area contributed by atoms with Crippen LogP contribution in [0, 0.1) is 23.7 Å². The fourth-order valence-electron chi connectivity index (χ4n) is 4.77. The summed E-state index contributed by atoms with van der Waals surface area (Å²) in [5.41, 5.74) is 4.37. The molecule has 2 fully saturated rings. The molecule has 0 aromatic carbocycles. The highest BCUT2D eigenvalue weighted by Gasteiger charge is 2.46. The van der Waals surface area contributed by atoms with E-state index in [4.69, 9.17) is 0 Å². The minimum absolute atomic E-state index is 0.332. The Morgan fingerprint density at radius 2 is 0.773 bits per heavy atom. The van der Waals surface area contributed by atoms with Crippen LogP contribution in [-0.2, 0) is 0 Å². The summed E-state index contributed by atoms with van der Waals surface area (Å²) in [6, 6.07) is 0. The fraction of sp³-hybridized carbons (Fsp3) is 1.00. The summed E-state index contributed by atoms with van der Waals surface area (Å²) in [5.74, 6) is 3.71. The van der Waals surface area contributed by atoms with Crippen molar-refractivity contribution in [2.75, 3.05) is 12.3 Å². The molecule has 0 saturated carbocycles. The second kappa shape index (κ2) is 7.83. The summed E-state index contributed by atoms with van der Waals surface area (Å²) in [5, 5.41) is 0. The Morgan fingerprint density at radius 1 is 0.545 bits per heavy atom. The molecule has 2 rings (SSSR count). The van der Waals surface area contributed by atoms with Crippen LogP contribution >= 0.6 is 15.8 Å². The van der Waals surface area contributed by atoms with Crippen molar-refractivity contribution < 1.29 is 0 Å². The van der Waals surface area contributed by atoms with Gasteiger partial charge < -0.3 is 0 Å². The molecule has 0 N–H and O–H groups in total. The van der Waals surface area contributed by atoms with Gasteiger partial charge in [0.05, 0.1) is 0 Å². The van der Waals surface area contributed by atoms with Crippen LogP contribution in [0.5, 0.6) is 0 Å². The second-order valence-corrected chi connectivity index (χ2v) is 14.8. The average Bonchev–Trinajstić information content (AvgIpc) is 2.29. The number of hydrogen-bond donors (Lipinski definition) is 0. The topological polar surface area (TPSA) is 0 Å². The smallest absolute Gasteiger partial charge is 0.0177 e. The van der Waals surface area contributed by atoms with E-state index in [1.807, 2.05) is 0 Å². The lowest BCUT2D eigenvalue weighted by atomic mass is 9.98. The Hall–Kier alpha value is 0.860. The van der Waals surface area contributed by atoms with E-state index in [9.17, 15) is 0 Å². The van der Waals surface area contributed by atoms with E-state index >= 15 is 0 Å². The molecule has 0 aromatic rings. The summed E-state index contributed by atoms with van der Waals surface area (Å²) in [6.07, 6.45) is 6.30. The molecule has 0 radical (unpaired) electrons. The van der Waals surface area contributed by atoms with E-state index in [0.29, 0.717) is 15.8 Å². The highest BCUT2D eigenvalue weighted by atomic mass is 31.1. The van der Waals surface area contributed by atoms with Crippen molar-refractivity contribution in [2.45, 2.75) is 90.9 Å². The molecule has 0 aliphatic carbocycles. The van der Waals surface area contributed by atoms with Gasteiger partial charge >= 0.3 is 0 Å². The quantitative estimate of drug-likeness (QED) is 0.443. The maximum atomic E-state index is 2.47. The van der Waals surface area contributed by atoms with Gasteiger partial charge in [0.25, 0.3) is 0 Å². The van der Waals surface area contributed by atoms with Gasteiger partial charge in [0, 0.05) is 0 Å². The summed E-state index contributed by atoms with van der Waals surface area (Å²) in [4.78, 5) is 0. The van der Waals surface area contributed by atoms with Gasteiger partial charge in [0.2, 0.25) is 0 Å². The van der Waals surface area contributed by atoms with Crippen molar-refractivity contribution in [2.24, 2.45) is 23.7 Å². The molecular formula is C20H40P2. The summed E-state index contributed by atoms with van der Waals surface area (Å²) >= 11 is 0. The standard InChI is InChI=1S/C20H40P2/c1-13(2)17-11-18(14(3)4)21(17)9-10-22-19(15(5)6)12-20(22)16(7)8/h13-20H,9-12H2,1-8H3. The molecule has 4 atom stereocenters. The first kappa shape index (κ1) is 19.2. The normalized spacial score (nSPS) is 38.7. The van der Waals surface area contributed by atoms with Crippen LogP contribution in [0.3, 0.4) is 0 Å². The van der Waals surface area contributed by atoms with E-state index in [1.165, 1.54) is 0 Å². The van der Waals surface area contributed by atoms with Crippen LogP contribution in [-0.4, -0.2) is 35.0 Å². The van der Waals surface area contributed by atoms with Crippen molar-refractivity contribution in [1.29, 1.82) is 0 Å². The zero-order valence-corrected chi connectivity index (χ0v) is 18.1. The van der Waals surface area contributed by atoms with Crippen molar-refractivity contribution in [3.63, 3.8) is 0 Å². The molecule has 2 saturated heterocycles. The predicted octanol–water partition coefficient (Wildman–Crippen LogP) is 6.86. The number of hydrogen-bond acceptors (Lipinski definition) is 0. The van der Waals surface area contributed by atoms with E-state index < -0.39 is 0 Å². The van der Waals surface area contributed by atoms with Gasteiger partial charge in [0.15, 0.2) is 0 Å². The predicted molar refractivity (Wildman–Crippen MR) is 107 cm³/mol. The molecule has 0 nitrogen and oxygen atoms in total. The summed E-state index contributed by atoms with van der Waals surface area (Å²) in [7, 11) is 0.663. The van der Waals surface area contributed by atoms with Gasteiger partial charge in [-0.05, 0) is 71.5 Å². The van der Waals surface area contributed by atoms with Gasteiger partial charge in [-0.1, -0.05) is 71.2 Å². The van der Waals surface area contributed by atoms with Crippen LogP contribution in [0.1, 0.15) is 68.2 Å². The molecule has 22 heavy (non-hydrogen) atoms. The van der Waals surface area contributed by atoms with Crippen molar-refractivity contribution >= 4 is 15.8 Å². The lowest BCUT2D eigenvalue weighted by molar-refractivity contribution is 0.439. The zero-order valence-electron chi connectivity index (χ0n) is 16.3. The third-order valence-electron chi connectivity index (χ3n) is 6.36. The molecule has 0 bridgehead atoms. The largest absolute Gasteiger partial charge is 0.0994 e. The average molecular weight is 342 g/mol. The van der Waals surface area contributed by atoms with Gasteiger partial charge in [-0.15, -0.1) is 0 Å². The van der Waals surface area contributed by atoms with Crippen LogP contribution in [0.2, 0.25) is 0 Å². The summed E-state index contributed by atoms with van der Waals surface area (Å²) < 4.78 is 0. The highest BCUT2D eigenvalue weighted by Crippen LogP contribution is 2.69. The first-order valence-electron chi connectivity index (χ1n) is 9.75. The minimum atomic E-state index is 0.332. The molecule has 0 amide bonds. The van der Waals surface area contributed by atoms with E-state index in [2.05, 4.69) is 55.4 Å². The molecule has 2 heteroatoms. The molecule has 130 valence electrons. The van der Waals surface area contributed by atoms with Crippen LogP contribution < -0.4 is 0 Å². The molecule has 2 aliphatic rings. The van der Waals surface area contributed by atoms with Crippen LogP contribution in [0.15, 0.2) is 0 Å². The van der Waals surface area contributed by atoms with E-state index in [-0.39, 0.29) is 0 Å². The maximum absolute atomic E-state index is 2.47. The fourth-order valence-corrected chi connectivity index (χ4v) is 13.2. The Morgan fingerprint density at radius 3 is 0.955 bits per heavy atom. The van der Waals surface area contributed by atoms with Crippen LogP contribution in [0.25, 0.3) is 0 Å². The Balaban J connectivity index is 1.93. The molecule has 4 unspecified atom stereocenters. The number of rotatable bonds is 7. The van der Waals surface area contributed by atoms with Crippen molar-refractivity contribution in [1.82, 2.24) is 0 Å². The highest BCUT2D eigenvalue weighted by molar-refractivity contribution is 7.64. The lowest BCUT2D eigenvalue weighted by Crippen LogP contribution is -2.41. The molecule has 2 heterocycles. The molecular weight excluding hydrogens is 302 g/mol. The second-order valence-electron chi connectivity index (χ2n) is 9.19. The lowest BCUT2D eigenvalue weighted by Gasteiger charge is -2.54. The Labute approximate surface area is 143 Å². The maximum Gasteiger partial charge on any atom is -0.0177 e. The van der Waals surface area contributed by atoms with Crippen molar-refractivity contribution in [3.8, 4) is 0 Å². The van der Waals surface area contributed by atoms with Gasteiger partial charge in [-0.25, -0.2) is 0 Å². The van der Waals surface area contributed by atoms with Gasteiger partial charge in [0.1, 0.15) is 0 Å². The Bertz CT molecular complexity index is 286. The van der Waals surface area contributed by atoms with Crippen molar-refractivity contribution in [3.05, 3.63) is 0 Å². The molecule has 0 aromatic heterocycles. The Kier molecular flexibility index (Phi) is 6.83. The van der Waals surface area contributed by atoms with Crippen LogP contribution in [0.4, 0.5) is 0 Å². The van der Waals surface area contributed by atoms with Gasteiger partial charge in [-0.3, -0.25) is 0 Å². The summed E-state index contributed by atoms with van der Waals surface area (Å²) in [6.45, 7) is 19.8. The third kappa shape index (κ3) is 3.91. The zero-order chi connectivity index (χ0) is 16.6. The minimum Gasteiger partial charge on any atom is -0.0994 e. The molecule has 0 spiro atoms. The first-order chi connectivity index (χ1) is 10.2. The van der Waals surface area contributed by atoms with Gasteiger partial charge in [-0.2, -0.15) is 0 Å².